The van der Waals surface area contributed by atoms with E-state index in [2.05, 4.69) is 10.6 Å². The molecule has 2 aromatic carbocycles. The van der Waals surface area contributed by atoms with Crippen molar-refractivity contribution in [2.75, 3.05) is 30.3 Å². The summed E-state index contributed by atoms with van der Waals surface area (Å²) in [5, 5.41) is 5.72. The van der Waals surface area contributed by atoms with Crippen LogP contribution in [0, 0.1) is 0 Å². The van der Waals surface area contributed by atoms with Gasteiger partial charge in [0.05, 0.1) is 11.4 Å². The van der Waals surface area contributed by atoms with Crippen molar-refractivity contribution in [3.05, 3.63) is 54.6 Å². The molecule has 2 N–H and O–H groups in total. The van der Waals surface area contributed by atoms with E-state index in [0.29, 0.717) is 24.5 Å². The first-order valence-electron chi connectivity index (χ1n) is 8.16. The molecule has 0 fully saturated rings. The van der Waals surface area contributed by atoms with Gasteiger partial charge in [0, 0.05) is 24.5 Å². The van der Waals surface area contributed by atoms with Crippen LogP contribution in [-0.4, -0.2) is 38.3 Å². The summed E-state index contributed by atoms with van der Waals surface area (Å²) in [5.41, 5.74) is 1.30. The normalized spacial score (nSPS) is 11.3. The van der Waals surface area contributed by atoms with Crippen LogP contribution < -0.4 is 10.6 Å². The monoisotopic (exact) mass is 361 g/mol. The zero-order chi connectivity index (χ0) is 18.3. The maximum absolute atomic E-state index is 12.5. The van der Waals surface area contributed by atoms with E-state index >= 15 is 0 Å². The molecular weight excluding hydrogens is 338 g/mol. The van der Waals surface area contributed by atoms with E-state index in [0.717, 1.165) is 0 Å². The van der Waals surface area contributed by atoms with Crippen molar-refractivity contribution in [1.29, 1.82) is 0 Å². The van der Waals surface area contributed by atoms with Gasteiger partial charge in [-0.25, -0.2) is 8.42 Å². The van der Waals surface area contributed by atoms with Gasteiger partial charge in [0.2, 0.25) is 15.9 Å². The Morgan fingerprint density at radius 1 is 0.960 bits per heavy atom. The van der Waals surface area contributed by atoms with Gasteiger partial charge in [0.1, 0.15) is 0 Å². The largest absolute Gasteiger partial charge is 0.376 e. The number of hydrogen-bond acceptors (Lipinski definition) is 4. The SMILES string of the molecule is CCN(CC)S(=O)(=O)c1cccc(NCC(=O)Nc2ccccc2)c1. The fourth-order valence-corrected chi connectivity index (χ4v) is 3.89. The lowest BCUT2D eigenvalue weighted by atomic mass is 10.3. The number of carbonyl (C=O) groups is 1. The lowest BCUT2D eigenvalue weighted by Gasteiger charge is -2.19. The average molecular weight is 361 g/mol. The second kappa shape index (κ2) is 8.64. The molecule has 0 aliphatic rings. The molecule has 0 saturated carbocycles. The Labute approximate surface area is 148 Å². The Kier molecular flexibility index (Phi) is 6.55. The first-order valence-corrected chi connectivity index (χ1v) is 9.60. The van der Waals surface area contributed by atoms with Crippen LogP contribution in [0.1, 0.15) is 13.8 Å². The lowest BCUT2D eigenvalue weighted by Crippen LogP contribution is -2.30. The second-order valence-corrected chi connectivity index (χ2v) is 7.32. The van der Waals surface area contributed by atoms with Crippen molar-refractivity contribution in [1.82, 2.24) is 4.31 Å². The predicted octanol–water partition coefficient (Wildman–Crippen LogP) is 2.77. The molecule has 0 saturated heterocycles. The van der Waals surface area contributed by atoms with E-state index in [1.54, 1.807) is 50.2 Å². The van der Waals surface area contributed by atoms with Gasteiger partial charge in [0.15, 0.2) is 0 Å². The van der Waals surface area contributed by atoms with Gasteiger partial charge in [-0.3, -0.25) is 4.79 Å². The Morgan fingerprint density at radius 2 is 1.60 bits per heavy atom. The minimum atomic E-state index is -3.52. The van der Waals surface area contributed by atoms with Crippen LogP contribution in [-0.2, 0) is 14.8 Å². The van der Waals surface area contributed by atoms with E-state index in [-0.39, 0.29) is 17.3 Å². The van der Waals surface area contributed by atoms with E-state index in [9.17, 15) is 13.2 Å². The molecule has 0 aromatic heterocycles. The number of hydrogen-bond donors (Lipinski definition) is 2. The summed E-state index contributed by atoms with van der Waals surface area (Å²) in [6, 6.07) is 15.6. The first kappa shape index (κ1) is 19.0. The number of nitrogens with one attached hydrogen (secondary N) is 2. The topological polar surface area (TPSA) is 78.5 Å². The number of nitrogens with zero attached hydrogens (tertiary/aromatic N) is 1. The van der Waals surface area contributed by atoms with Gasteiger partial charge in [-0.05, 0) is 30.3 Å². The van der Waals surface area contributed by atoms with E-state index < -0.39 is 10.0 Å². The number of amides is 1. The number of carbonyl (C=O) groups excluding carboxylic acids is 1. The van der Waals surface area contributed by atoms with Crippen LogP contribution in [0.15, 0.2) is 59.5 Å². The van der Waals surface area contributed by atoms with Crippen LogP contribution >= 0.6 is 0 Å². The highest BCUT2D eigenvalue weighted by molar-refractivity contribution is 7.89. The Morgan fingerprint density at radius 3 is 2.24 bits per heavy atom. The maximum atomic E-state index is 12.5. The predicted molar refractivity (Wildman–Crippen MR) is 100 cm³/mol. The Hall–Kier alpha value is -2.38. The van der Waals surface area contributed by atoms with Gasteiger partial charge in [-0.15, -0.1) is 0 Å². The van der Waals surface area contributed by atoms with Crippen molar-refractivity contribution in [3.63, 3.8) is 0 Å². The molecule has 7 heteroatoms. The minimum absolute atomic E-state index is 0.0453. The van der Waals surface area contributed by atoms with Crippen LogP contribution in [0.3, 0.4) is 0 Å². The third kappa shape index (κ3) is 5.04. The summed E-state index contributed by atoms with van der Waals surface area (Å²) < 4.78 is 26.5. The van der Waals surface area contributed by atoms with E-state index in [4.69, 9.17) is 0 Å². The minimum Gasteiger partial charge on any atom is -0.376 e. The average Bonchev–Trinajstić information content (AvgIpc) is 2.62. The molecule has 1 amide bonds. The molecule has 2 rings (SSSR count). The summed E-state index contributed by atoms with van der Waals surface area (Å²) in [6.45, 7) is 4.48. The number of para-hydroxylation sites is 1. The molecule has 0 spiro atoms. The molecule has 2 aromatic rings. The summed E-state index contributed by atoms with van der Waals surface area (Å²) >= 11 is 0. The number of sulfonamides is 1. The molecule has 0 radical (unpaired) electrons. The quantitative estimate of drug-likeness (QED) is 0.758. The van der Waals surface area contributed by atoms with Gasteiger partial charge < -0.3 is 10.6 Å². The van der Waals surface area contributed by atoms with Gasteiger partial charge in [-0.1, -0.05) is 38.1 Å². The zero-order valence-electron chi connectivity index (χ0n) is 14.4. The molecule has 0 heterocycles. The number of rotatable bonds is 8. The third-order valence-corrected chi connectivity index (χ3v) is 5.73. The van der Waals surface area contributed by atoms with Crippen LogP contribution in [0.4, 0.5) is 11.4 Å². The molecule has 25 heavy (non-hydrogen) atoms. The highest BCUT2D eigenvalue weighted by Crippen LogP contribution is 2.19. The van der Waals surface area contributed by atoms with Crippen LogP contribution in [0.5, 0.6) is 0 Å². The van der Waals surface area contributed by atoms with Crippen molar-refractivity contribution in [3.8, 4) is 0 Å². The highest BCUT2D eigenvalue weighted by Gasteiger charge is 2.21. The summed E-state index contributed by atoms with van der Waals surface area (Å²) in [4.78, 5) is 12.2. The zero-order valence-corrected chi connectivity index (χ0v) is 15.2. The fourth-order valence-electron chi connectivity index (χ4n) is 2.39. The van der Waals surface area contributed by atoms with Crippen molar-refractivity contribution in [2.24, 2.45) is 0 Å². The molecule has 6 nitrogen and oxygen atoms in total. The molecule has 0 bridgehead atoms. The summed E-state index contributed by atoms with van der Waals surface area (Å²) in [6.07, 6.45) is 0. The fraction of sp³-hybridized carbons (Fsp3) is 0.278. The maximum Gasteiger partial charge on any atom is 0.243 e. The summed E-state index contributed by atoms with van der Waals surface area (Å²) in [5.74, 6) is -0.205. The van der Waals surface area contributed by atoms with Crippen LogP contribution in [0.25, 0.3) is 0 Å². The molecule has 0 aliphatic heterocycles. The van der Waals surface area contributed by atoms with Crippen molar-refractivity contribution < 1.29 is 13.2 Å². The molecule has 0 unspecified atom stereocenters. The second-order valence-electron chi connectivity index (χ2n) is 5.38. The highest BCUT2D eigenvalue weighted by atomic mass is 32.2. The standard InChI is InChI=1S/C18H23N3O3S/c1-3-21(4-2)25(23,24)17-12-8-11-16(13-17)19-14-18(22)20-15-9-6-5-7-10-15/h5-13,19H,3-4,14H2,1-2H3,(H,20,22). The molecule has 0 atom stereocenters. The van der Waals surface area contributed by atoms with Gasteiger partial charge >= 0.3 is 0 Å². The van der Waals surface area contributed by atoms with Crippen LogP contribution in [0.2, 0.25) is 0 Å². The van der Waals surface area contributed by atoms with Gasteiger partial charge in [-0.2, -0.15) is 4.31 Å². The first-order chi connectivity index (χ1) is 12.0. The molecule has 0 aliphatic carbocycles. The third-order valence-electron chi connectivity index (χ3n) is 3.69. The summed E-state index contributed by atoms with van der Waals surface area (Å²) in [7, 11) is -3.52. The molecule has 134 valence electrons. The Balaban J connectivity index is 2.03. The van der Waals surface area contributed by atoms with Crippen molar-refractivity contribution in [2.45, 2.75) is 18.7 Å². The number of anilines is 2. The van der Waals surface area contributed by atoms with Gasteiger partial charge in [0.25, 0.3) is 0 Å². The van der Waals surface area contributed by atoms with E-state index in [1.807, 2.05) is 18.2 Å². The smallest absolute Gasteiger partial charge is 0.243 e. The number of benzene rings is 2. The van der Waals surface area contributed by atoms with Crippen molar-refractivity contribution >= 4 is 27.3 Å². The van der Waals surface area contributed by atoms with E-state index in [1.165, 1.54) is 4.31 Å². The lowest BCUT2D eigenvalue weighted by molar-refractivity contribution is -0.114. The Bertz CT molecular complexity index is 803. The molecular formula is C18H23N3O3S.